The third-order valence-electron chi connectivity index (χ3n) is 2.08. The Bertz CT molecular complexity index is 448. The molecule has 0 atom stereocenters. The maximum atomic E-state index is 13.4. The van der Waals surface area contributed by atoms with Gasteiger partial charge >= 0.3 is 11.9 Å². The van der Waals surface area contributed by atoms with E-state index >= 15 is 0 Å². The van der Waals surface area contributed by atoms with Crippen LogP contribution in [-0.4, -0.2) is 29.4 Å². The first-order chi connectivity index (χ1) is 8.54. The van der Waals surface area contributed by atoms with Crippen molar-refractivity contribution >= 4 is 23.7 Å². The monoisotopic (exact) mass is 272 g/mol. The number of benzene rings is 1. The maximum absolute atomic E-state index is 13.4. The van der Waals surface area contributed by atoms with Crippen LogP contribution in [0.2, 0.25) is 0 Å². The van der Waals surface area contributed by atoms with E-state index in [9.17, 15) is 14.0 Å². The minimum Gasteiger partial charge on any atom is -0.478 e. The third-order valence-corrected chi connectivity index (χ3v) is 3.03. The molecule has 1 N–H and O–H groups in total. The molecule has 0 saturated heterocycles. The zero-order valence-corrected chi connectivity index (χ0v) is 10.6. The Kier molecular flexibility index (Phi) is 5.64. The van der Waals surface area contributed by atoms with Crippen molar-refractivity contribution in [2.75, 3.05) is 12.4 Å². The molecule has 0 radical (unpaired) electrons. The minimum absolute atomic E-state index is 0.0307. The number of carbonyl (C=O) groups excluding carboxylic acids is 1. The summed E-state index contributed by atoms with van der Waals surface area (Å²) in [6, 6.07) is 3.59. The summed E-state index contributed by atoms with van der Waals surface area (Å²) < 4.78 is 18.1. The van der Waals surface area contributed by atoms with Crippen molar-refractivity contribution in [3.05, 3.63) is 35.1 Å². The van der Waals surface area contributed by atoms with Gasteiger partial charge in [0.1, 0.15) is 5.82 Å². The largest absolute Gasteiger partial charge is 0.478 e. The Morgan fingerprint density at radius 3 is 2.78 bits per heavy atom. The smallest absolute Gasteiger partial charge is 0.335 e. The summed E-state index contributed by atoms with van der Waals surface area (Å²) in [7, 11) is 0. The van der Waals surface area contributed by atoms with Gasteiger partial charge in [0.25, 0.3) is 0 Å². The molecule has 0 unspecified atom stereocenters. The molecule has 0 spiro atoms. The molecular formula is C12H13FO4S. The molecule has 98 valence electrons. The topological polar surface area (TPSA) is 63.6 Å². The number of carbonyl (C=O) groups is 2. The van der Waals surface area contributed by atoms with E-state index in [-0.39, 0.29) is 28.6 Å². The lowest BCUT2D eigenvalue weighted by Gasteiger charge is -2.05. The molecule has 1 aromatic carbocycles. The summed E-state index contributed by atoms with van der Waals surface area (Å²) in [6.07, 6.45) is 0. The lowest BCUT2D eigenvalue weighted by atomic mass is 10.1. The van der Waals surface area contributed by atoms with Crippen molar-refractivity contribution in [2.45, 2.75) is 12.7 Å². The lowest BCUT2D eigenvalue weighted by molar-refractivity contribution is -0.139. The molecule has 0 bridgehead atoms. The maximum Gasteiger partial charge on any atom is 0.335 e. The minimum atomic E-state index is -1.10. The summed E-state index contributed by atoms with van der Waals surface area (Å²) in [6.45, 7) is 2.01. The van der Waals surface area contributed by atoms with Crippen LogP contribution in [0.15, 0.2) is 18.2 Å². The highest BCUT2D eigenvalue weighted by Crippen LogP contribution is 2.17. The van der Waals surface area contributed by atoms with E-state index < -0.39 is 11.8 Å². The van der Waals surface area contributed by atoms with Gasteiger partial charge in [-0.1, -0.05) is 0 Å². The molecular weight excluding hydrogens is 259 g/mol. The highest BCUT2D eigenvalue weighted by Gasteiger charge is 2.09. The van der Waals surface area contributed by atoms with Gasteiger partial charge in [0.05, 0.1) is 17.9 Å². The molecule has 6 heteroatoms. The number of halogens is 1. The number of aromatic carboxylic acids is 1. The van der Waals surface area contributed by atoms with E-state index in [1.165, 1.54) is 23.9 Å². The van der Waals surface area contributed by atoms with Gasteiger partial charge in [0, 0.05) is 5.75 Å². The number of carboxylic acids is 1. The van der Waals surface area contributed by atoms with Crippen LogP contribution in [0.1, 0.15) is 22.8 Å². The Morgan fingerprint density at radius 2 is 2.17 bits per heavy atom. The van der Waals surface area contributed by atoms with Crippen LogP contribution < -0.4 is 0 Å². The zero-order chi connectivity index (χ0) is 13.5. The fourth-order valence-corrected chi connectivity index (χ4v) is 2.06. The van der Waals surface area contributed by atoms with Gasteiger partial charge in [0.2, 0.25) is 0 Å². The number of ether oxygens (including phenoxy) is 1. The van der Waals surface area contributed by atoms with Gasteiger partial charge in [0.15, 0.2) is 0 Å². The second kappa shape index (κ2) is 7.00. The van der Waals surface area contributed by atoms with E-state index in [2.05, 4.69) is 0 Å². The molecule has 18 heavy (non-hydrogen) atoms. The quantitative estimate of drug-likeness (QED) is 0.805. The predicted octanol–water partition coefficient (Wildman–Crippen LogP) is 2.32. The van der Waals surface area contributed by atoms with E-state index in [0.717, 1.165) is 6.07 Å². The molecule has 0 aliphatic rings. The molecule has 4 nitrogen and oxygen atoms in total. The number of hydrogen-bond acceptors (Lipinski definition) is 4. The fourth-order valence-electron chi connectivity index (χ4n) is 1.27. The molecule has 0 saturated carbocycles. The summed E-state index contributed by atoms with van der Waals surface area (Å²) in [4.78, 5) is 21.8. The van der Waals surface area contributed by atoms with Gasteiger partial charge < -0.3 is 9.84 Å². The normalized spacial score (nSPS) is 10.1. The summed E-state index contributed by atoms with van der Waals surface area (Å²) in [5.41, 5.74) is 0.298. The Balaban J connectivity index is 2.58. The molecule has 1 rings (SSSR count). The first-order valence-corrected chi connectivity index (χ1v) is 6.45. The van der Waals surface area contributed by atoms with Crippen LogP contribution in [0.3, 0.4) is 0 Å². The number of carboxylic acid groups (broad SMARTS) is 1. The number of rotatable bonds is 6. The standard InChI is InChI=1S/C12H13FO4S/c1-2-17-11(14)7-18-6-9-5-8(12(15)16)3-4-10(9)13/h3-5H,2,6-7H2,1H3,(H,15,16). The first kappa shape index (κ1) is 14.5. The zero-order valence-electron chi connectivity index (χ0n) is 9.81. The van der Waals surface area contributed by atoms with Crippen LogP contribution in [-0.2, 0) is 15.3 Å². The lowest BCUT2D eigenvalue weighted by Crippen LogP contribution is -2.07. The Morgan fingerprint density at radius 1 is 1.44 bits per heavy atom. The van der Waals surface area contributed by atoms with Crippen LogP contribution in [0, 0.1) is 5.82 Å². The molecule has 0 aliphatic carbocycles. The number of esters is 1. The molecule has 0 amide bonds. The molecule has 0 aromatic heterocycles. The second-order valence-electron chi connectivity index (χ2n) is 3.41. The molecule has 0 heterocycles. The third kappa shape index (κ3) is 4.37. The van der Waals surface area contributed by atoms with Gasteiger partial charge in [-0.2, -0.15) is 0 Å². The van der Waals surface area contributed by atoms with Crippen LogP contribution in [0.25, 0.3) is 0 Å². The average Bonchev–Trinajstić information content (AvgIpc) is 2.31. The predicted molar refractivity (Wildman–Crippen MR) is 66.2 cm³/mol. The van der Waals surface area contributed by atoms with Crippen molar-refractivity contribution in [2.24, 2.45) is 0 Å². The molecule has 0 fully saturated rings. The van der Waals surface area contributed by atoms with Gasteiger partial charge in [-0.3, -0.25) is 4.79 Å². The van der Waals surface area contributed by atoms with Crippen molar-refractivity contribution in [1.29, 1.82) is 0 Å². The van der Waals surface area contributed by atoms with Crippen molar-refractivity contribution in [3.8, 4) is 0 Å². The summed E-state index contributed by atoms with van der Waals surface area (Å²) in [5.74, 6) is -1.60. The fraction of sp³-hybridized carbons (Fsp3) is 0.333. The van der Waals surface area contributed by atoms with Crippen molar-refractivity contribution < 1.29 is 23.8 Å². The Labute approximate surface area is 108 Å². The summed E-state index contributed by atoms with van der Waals surface area (Å²) in [5, 5.41) is 8.78. The van der Waals surface area contributed by atoms with Gasteiger partial charge in [-0.25, -0.2) is 9.18 Å². The van der Waals surface area contributed by atoms with E-state index in [1.54, 1.807) is 6.92 Å². The first-order valence-electron chi connectivity index (χ1n) is 5.29. The highest BCUT2D eigenvalue weighted by atomic mass is 32.2. The van der Waals surface area contributed by atoms with Gasteiger partial charge in [-0.05, 0) is 30.7 Å². The van der Waals surface area contributed by atoms with Gasteiger partial charge in [-0.15, -0.1) is 11.8 Å². The van der Waals surface area contributed by atoms with E-state index in [4.69, 9.17) is 9.84 Å². The molecule has 1 aromatic rings. The SMILES string of the molecule is CCOC(=O)CSCc1cc(C(=O)O)ccc1F. The van der Waals surface area contributed by atoms with Crippen LogP contribution in [0.5, 0.6) is 0 Å². The van der Waals surface area contributed by atoms with E-state index in [0.29, 0.717) is 6.61 Å². The number of hydrogen-bond donors (Lipinski definition) is 1. The Hall–Kier alpha value is -1.56. The number of thioether (sulfide) groups is 1. The van der Waals surface area contributed by atoms with Crippen LogP contribution >= 0.6 is 11.8 Å². The van der Waals surface area contributed by atoms with Crippen molar-refractivity contribution in [3.63, 3.8) is 0 Å². The van der Waals surface area contributed by atoms with E-state index in [1.807, 2.05) is 0 Å². The average molecular weight is 272 g/mol. The second-order valence-corrected chi connectivity index (χ2v) is 4.39. The summed E-state index contributed by atoms with van der Waals surface area (Å²) >= 11 is 1.18. The van der Waals surface area contributed by atoms with Crippen LogP contribution in [0.4, 0.5) is 4.39 Å². The molecule has 0 aliphatic heterocycles. The highest BCUT2D eigenvalue weighted by molar-refractivity contribution is 7.99. The van der Waals surface area contributed by atoms with Crippen molar-refractivity contribution in [1.82, 2.24) is 0 Å².